The molecule has 4 heteroatoms. The molecule has 1 saturated heterocycles. The van der Waals surface area contributed by atoms with E-state index in [9.17, 15) is 4.79 Å². The van der Waals surface area contributed by atoms with Crippen LogP contribution in [0.2, 0.25) is 0 Å². The van der Waals surface area contributed by atoms with Crippen LogP contribution in [0.5, 0.6) is 0 Å². The van der Waals surface area contributed by atoms with E-state index in [1.165, 1.54) is 67.3 Å². The van der Waals surface area contributed by atoms with Gasteiger partial charge in [-0.15, -0.1) is 0 Å². The van der Waals surface area contributed by atoms with E-state index in [0.717, 1.165) is 38.0 Å². The number of nitrogens with zero attached hydrogens (tertiary/aromatic N) is 2. The topological polar surface area (TPSA) is 49.6 Å². The van der Waals surface area contributed by atoms with Gasteiger partial charge in [-0.1, -0.05) is 69.0 Å². The molecule has 2 N–H and O–H groups in total. The molecule has 1 amide bonds. The number of carbonyl (C=O) groups excluding carboxylic acids is 1. The Morgan fingerprint density at radius 3 is 2.38 bits per heavy atom. The van der Waals surface area contributed by atoms with Crippen molar-refractivity contribution in [3.05, 3.63) is 64.7 Å². The van der Waals surface area contributed by atoms with Gasteiger partial charge in [-0.3, -0.25) is 4.79 Å². The number of likely N-dealkylation sites (tertiary alicyclic amines) is 1. The van der Waals surface area contributed by atoms with E-state index in [-0.39, 0.29) is 5.91 Å². The summed E-state index contributed by atoms with van der Waals surface area (Å²) in [6, 6.07) is 15.8. The molecule has 2 fully saturated rings. The molecule has 1 unspecified atom stereocenters. The first-order valence-electron chi connectivity index (χ1n) is 13.6. The first-order valence-corrected chi connectivity index (χ1v) is 13.6. The standard InChI is InChI=1S/C30H41N3O/c1-22-14-19-33(26-10-4-2-3-5-11-26)29-27(22)12-7-13-28(29)30(34)32-17-15-24(16-18-32)25-9-6-8-23(20-25)21-31/h6-9,12-13,20,22,24,26H,2-5,10-11,14-19,21,31H2,1H3. The minimum Gasteiger partial charge on any atom is -0.368 e. The quantitative estimate of drug-likeness (QED) is 0.554. The van der Waals surface area contributed by atoms with Crippen molar-refractivity contribution in [3.63, 3.8) is 0 Å². The molecular weight excluding hydrogens is 418 g/mol. The fourth-order valence-electron chi connectivity index (χ4n) is 6.55. The van der Waals surface area contributed by atoms with Gasteiger partial charge in [0.05, 0.1) is 11.3 Å². The van der Waals surface area contributed by atoms with Crippen LogP contribution in [0.15, 0.2) is 42.5 Å². The van der Waals surface area contributed by atoms with E-state index in [1.54, 1.807) is 0 Å². The maximum Gasteiger partial charge on any atom is 0.255 e. The van der Waals surface area contributed by atoms with Gasteiger partial charge in [0.2, 0.25) is 0 Å². The number of nitrogens with two attached hydrogens (primary N) is 1. The molecule has 1 aliphatic carbocycles. The van der Waals surface area contributed by atoms with Crippen molar-refractivity contribution in [1.29, 1.82) is 0 Å². The predicted octanol–water partition coefficient (Wildman–Crippen LogP) is 6.20. The Labute approximate surface area is 205 Å². The van der Waals surface area contributed by atoms with Crippen LogP contribution in [0, 0.1) is 0 Å². The van der Waals surface area contributed by atoms with Gasteiger partial charge >= 0.3 is 0 Å². The highest BCUT2D eigenvalue weighted by molar-refractivity contribution is 6.01. The third-order valence-corrected chi connectivity index (χ3v) is 8.62. The van der Waals surface area contributed by atoms with Gasteiger partial charge in [-0.05, 0) is 66.7 Å². The highest BCUT2D eigenvalue weighted by Crippen LogP contribution is 2.41. The molecule has 2 aromatic carbocycles. The molecule has 0 aromatic heterocycles. The lowest BCUT2D eigenvalue weighted by Gasteiger charge is -2.42. The minimum absolute atomic E-state index is 0.235. The summed E-state index contributed by atoms with van der Waals surface area (Å²) in [4.78, 5) is 18.7. The molecule has 2 aliphatic heterocycles. The number of benzene rings is 2. The molecule has 2 heterocycles. The third kappa shape index (κ3) is 4.75. The van der Waals surface area contributed by atoms with E-state index >= 15 is 0 Å². The van der Waals surface area contributed by atoms with Crippen molar-refractivity contribution in [2.45, 2.75) is 89.1 Å². The number of hydrogen-bond donors (Lipinski definition) is 1. The second-order valence-electron chi connectivity index (χ2n) is 10.8. The van der Waals surface area contributed by atoms with Gasteiger partial charge in [0, 0.05) is 32.2 Å². The number of rotatable bonds is 4. The number of carbonyl (C=O) groups is 1. The summed E-state index contributed by atoms with van der Waals surface area (Å²) in [6.07, 6.45) is 11.1. The van der Waals surface area contributed by atoms with Gasteiger partial charge in [0.1, 0.15) is 0 Å². The van der Waals surface area contributed by atoms with Gasteiger partial charge in [-0.25, -0.2) is 0 Å². The van der Waals surface area contributed by atoms with Crippen LogP contribution in [-0.4, -0.2) is 36.5 Å². The SMILES string of the molecule is CC1CCN(C2CCCCCC2)c2c(C(=O)N3CCC(c4cccc(CN)c4)CC3)cccc21. The fraction of sp³-hybridized carbons (Fsp3) is 0.567. The van der Waals surface area contributed by atoms with Crippen LogP contribution in [0.25, 0.3) is 0 Å². The van der Waals surface area contributed by atoms with Crippen molar-refractivity contribution in [2.75, 3.05) is 24.5 Å². The Hall–Kier alpha value is -2.33. The molecular formula is C30H41N3O. The Morgan fingerprint density at radius 1 is 0.912 bits per heavy atom. The molecule has 2 aromatic rings. The van der Waals surface area contributed by atoms with Gasteiger partial charge in [-0.2, -0.15) is 0 Å². The largest absolute Gasteiger partial charge is 0.368 e. The number of para-hydroxylation sites is 1. The molecule has 182 valence electrons. The number of anilines is 1. The maximum atomic E-state index is 13.9. The summed E-state index contributed by atoms with van der Waals surface area (Å²) in [5, 5.41) is 0. The summed E-state index contributed by atoms with van der Waals surface area (Å²) in [7, 11) is 0. The fourth-order valence-corrected chi connectivity index (χ4v) is 6.55. The summed E-state index contributed by atoms with van der Waals surface area (Å²) < 4.78 is 0. The number of fused-ring (bicyclic) bond motifs is 1. The molecule has 0 spiro atoms. The van der Waals surface area contributed by atoms with Crippen LogP contribution >= 0.6 is 0 Å². The van der Waals surface area contributed by atoms with E-state index in [0.29, 0.717) is 24.4 Å². The van der Waals surface area contributed by atoms with Crippen molar-refractivity contribution >= 4 is 11.6 Å². The average molecular weight is 460 g/mol. The van der Waals surface area contributed by atoms with Crippen LogP contribution < -0.4 is 10.6 Å². The second kappa shape index (κ2) is 10.5. The molecule has 34 heavy (non-hydrogen) atoms. The van der Waals surface area contributed by atoms with E-state index in [1.807, 2.05) is 0 Å². The molecule has 1 saturated carbocycles. The van der Waals surface area contributed by atoms with Crippen molar-refractivity contribution in [1.82, 2.24) is 4.90 Å². The molecule has 5 rings (SSSR count). The Morgan fingerprint density at radius 2 is 1.65 bits per heavy atom. The van der Waals surface area contributed by atoms with Gasteiger partial charge in [0.25, 0.3) is 5.91 Å². The Balaban J connectivity index is 1.36. The number of hydrogen-bond acceptors (Lipinski definition) is 3. The predicted molar refractivity (Wildman–Crippen MR) is 141 cm³/mol. The Bertz CT molecular complexity index is 986. The monoisotopic (exact) mass is 459 g/mol. The first-order chi connectivity index (χ1) is 16.7. The lowest BCUT2D eigenvalue weighted by molar-refractivity contribution is 0.0713. The molecule has 3 aliphatic rings. The van der Waals surface area contributed by atoms with E-state index in [2.05, 4.69) is 59.2 Å². The molecule has 1 atom stereocenters. The van der Waals surface area contributed by atoms with Crippen molar-refractivity contribution in [3.8, 4) is 0 Å². The number of amides is 1. The minimum atomic E-state index is 0.235. The van der Waals surface area contributed by atoms with Gasteiger partial charge in [0.15, 0.2) is 0 Å². The van der Waals surface area contributed by atoms with Crippen LogP contribution in [0.1, 0.15) is 104 Å². The van der Waals surface area contributed by atoms with Gasteiger partial charge < -0.3 is 15.5 Å². The zero-order chi connectivity index (χ0) is 23.5. The zero-order valence-corrected chi connectivity index (χ0v) is 20.8. The maximum absolute atomic E-state index is 13.9. The highest BCUT2D eigenvalue weighted by atomic mass is 16.2. The lowest BCUT2D eigenvalue weighted by atomic mass is 9.86. The average Bonchev–Trinajstić information content (AvgIpc) is 3.18. The summed E-state index contributed by atoms with van der Waals surface area (Å²) >= 11 is 0. The summed E-state index contributed by atoms with van der Waals surface area (Å²) in [6.45, 7) is 5.67. The lowest BCUT2D eigenvalue weighted by Crippen LogP contribution is -2.43. The van der Waals surface area contributed by atoms with Crippen LogP contribution in [0.3, 0.4) is 0 Å². The normalized spacial score (nSPS) is 22.4. The van der Waals surface area contributed by atoms with Crippen LogP contribution in [-0.2, 0) is 6.54 Å². The van der Waals surface area contributed by atoms with Crippen molar-refractivity contribution in [2.24, 2.45) is 5.73 Å². The Kier molecular flexibility index (Phi) is 7.24. The highest BCUT2D eigenvalue weighted by Gasteiger charge is 2.33. The third-order valence-electron chi connectivity index (χ3n) is 8.62. The molecule has 0 radical (unpaired) electrons. The summed E-state index contributed by atoms with van der Waals surface area (Å²) in [5.41, 5.74) is 12.0. The second-order valence-corrected chi connectivity index (χ2v) is 10.8. The first kappa shape index (κ1) is 23.4. The van der Waals surface area contributed by atoms with E-state index < -0.39 is 0 Å². The summed E-state index contributed by atoms with van der Waals surface area (Å²) in [5.74, 6) is 1.27. The van der Waals surface area contributed by atoms with Crippen LogP contribution in [0.4, 0.5) is 5.69 Å². The number of piperidine rings is 1. The smallest absolute Gasteiger partial charge is 0.255 e. The zero-order valence-electron chi connectivity index (χ0n) is 20.8. The van der Waals surface area contributed by atoms with Crippen molar-refractivity contribution < 1.29 is 4.79 Å². The molecule has 0 bridgehead atoms. The van der Waals surface area contributed by atoms with E-state index in [4.69, 9.17) is 5.73 Å². The molecule has 4 nitrogen and oxygen atoms in total.